The molecule has 1 aromatic carbocycles. The lowest BCUT2D eigenvalue weighted by Gasteiger charge is -2.26. The topological polar surface area (TPSA) is 89.8 Å². The fraction of sp³-hybridized carbons (Fsp3) is 0.538. The molecule has 1 heterocycles. The molecule has 0 radical (unpaired) electrons. The molecule has 0 atom stereocenters. The number of ether oxygens (including phenoxy) is 1. The Morgan fingerprint density at radius 3 is 2.42 bits per heavy atom. The number of hydrogen-bond donors (Lipinski definition) is 0. The lowest BCUT2D eigenvalue weighted by Crippen LogP contribution is -2.37. The van der Waals surface area contributed by atoms with Crippen molar-refractivity contribution in [3.63, 3.8) is 0 Å². The third kappa shape index (κ3) is 4.02. The van der Waals surface area contributed by atoms with E-state index in [4.69, 9.17) is 4.74 Å². The van der Waals surface area contributed by atoms with Gasteiger partial charge in [-0.15, -0.1) is 0 Å². The van der Waals surface area contributed by atoms with Gasteiger partial charge in [-0.3, -0.25) is 15.0 Å². The molecule has 1 saturated heterocycles. The SMILES string of the molecule is O=[N+]([O-])c1ccc(CCN2CCOCC2)c(S(=O)(=O)C(F)(F)F)c1. The lowest BCUT2D eigenvalue weighted by atomic mass is 10.1. The van der Waals surface area contributed by atoms with Crippen LogP contribution >= 0.6 is 0 Å². The van der Waals surface area contributed by atoms with Gasteiger partial charge in [0, 0.05) is 31.8 Å². The first-order valence-electron chi connectivity index (χ1n) is 7.01. The second-order valence-electron chi connectivity index (χ2n) is 5.20. The molecule has 7 nitrogen and oxygen atoms in total. The minimum atomic E-state index is -5.66. The highest BCUT2D eigenvalue weighted by atomic mass is 32.2. The third-order valence-corrected chi connectivity index (χ3v) is 5.23. The molecule has 0 aliphatic carbocycles. The number of benzene rings is 1. The predicted octanol–water partition coefficient (Wildman–Crippen LogP) is 1.76. The van der Waals surface area contributed by atoms with Crippen LogP contribution in [0.1, 0.15) is 5.56 Å². The van der Waals surface area contributed by atoms with Crippen LogP contribution in [0.4, 0.5) is 18.9 Å². The Kier molecular flexibility index (Phi) is 5.45. The van der Waals surface area contributed by atoms with Crippen LogP contribution in [0.3, 0.4) is 0 Å². The number of nitrogens with zero attached hydrogens (tertiary/aromatic N) is 2. The van der Waals surface area contributed by atoms with E-state index in [9.17, 15) is 31.7 Å². The maximum atomic E-state index is 12.8. The van der Waals surface area contributed by atoms with Crippen molar-refractivity contribution in [3.8, 4) is 0 Å². The number of hydrogen-bond acceptors (Lipinski definition) is 6. The summed E-state index contributed by atoms with van der Waals surface area (Å²) in [5, 5.41) is 10.8. The van der Waals surface area contributed by atoms with Crippen molar-refractivity contribution in [2.45, 2.75) is 16.8 Å². The van der Waals surface area contributed by atoms with Gasteiger partial charge in [0.1, 0.15) is 0 Å². The summed E-state index contributed by atoms with van der Waals surface area (Å²) in [6, 6.07) is 2.54. The first kappa shape index (κ1) is 18.6. The molecular formula is C13H15F3N2O5S. The monoisotopic (exact) mass is 368 g/mol. The lowest BCUT2D eigenvalue weighted by molar-refractivity contribution is -0.385. The summed E-state index contributed by atoms with van der Waals surface area (Å²) < 4.78 is 67.1. The first-order chi connectivity index (χ1) is 11.1. The second kappa shape index (κ2) is 7.03. The first-order valence-corrected chi connectivity index (χ1v) is 8.50. The van der Waals surface area contributed by atoms with E-state index in [1.165, 1.54) is 0 Å². The van der Waals surface area contributed by atoms with Crippen LogP contribution in [0.2, 0.25) is 0 Å². The summed E-state index contributed by atoms with van der Waals surface area (Å²) in [6.07, 6.45) is 0.0304. The maximum absolute atomic E-state index is 12.8. The van der Waals surface area contributed by atoms with Gasteiger partial charge in [-0.1, -0.05) is 6.07 Å². The van der Waals surface area contributed by atoms with Crippen molar-refractivity contribution in [2.24, 2.45) is 0 Å². The molecule has 0 aromatic heterocycles. The van der Waals surface area contributed by atoms with Gasteiger partial charge in [-0.25, -0.2) is 8.42 Å². The van der Waals surface area contributed by atoms with Crippen molar-refractivity contribution >= 4 is 15.5 Å². The van der Waals surface area contributed by atoms with E-state index in [2.05, 4.69) is 0 Å². The average molecular weight is 368 g/mol. The second-order valence-corrected chi connectivity index (χ2v) is 7.11. The van der Waals surface area contributed by atoms with Crippen LogP contribution in [0.25, 0.3) is 0 Å². The van der Waals surface area contributed by atoms with Crippen molar-refractivity contribution in [2.75, 3.05) is 32.8 Å². The molecule has 1 fully saturated rings. The quantitative estimate of drug-likeness (QED) is 0.581. The molecule has 1 aliphatic rings. The van der Waals surface area contributed by atoms with Gasteiger partial charge in [0.2, 0.25) is 0 Å². The summed E-state index contributed by atoms with van der Waals surface area (Å²) in [4.78, 5) is 10.7. The Balaban J connectivity index is 2.34. The molecule has 0 N–H and O–H groups in total. The van der Waals surface area contributed by atoms with E-state index in [0.717, 1.165) is 12.1 Å². The van der Waals surface area contributed by atoms with Crippen LogP contribution < -0.4 is 0 Å². The highest BCUT2D eigenvalue weighted by molar-refractivity contribution is 7.92. The maximum Gasteiger partial charge on any atom is 0.501 e. The number of nitro groups is 1. The van der Waals surface area contributed by atoms with Gasteiger partial charge in [0.15, 0.2) is 0 Å². The zero-order valence-corrected chi connectivity index (χ0v) is 13.3. The molecule has 0 saturated carbocycles. The van der Waals surface area contributed by atoms with Crippen molar-refractivity contribution < 1.29 is 31.2 Å². The summed E-state index contributed by atoms with van der Waals surface area (Å²) in [5.41, 5.74) is -6.31. The molecule has 0 spiro atoms. The summed E-state index contributed by atoms with van der Waals surface area (Å²) in [7, 11) is -5.66. The Labute approximate surface area is 136 Å². The normalized spacial score (nSPS) is 17.0. The number of morpholine rings is 1. The highest BCUT2D eigenvalue weighted by Gasteiger charge is 2.48. The molecule has 1 aliphatic heterocycles. The highest BCUT2D eigenvalue weighted by Crippen LogP contribution is 2.34. The van der Waals surface area contributed by atoms with Gasteiger partial charge in [-0.2, -0.15) is 13.2 Å². The van der Waals surface area contributed by atoms with Gasteiger partial charge in [0.05, 0.1) is 23.0 Å². The van der Waals surface area contributed by atoms with Crippen molar-refractivity contribution in [1.29, 1.82) is 0 Å². The number of sulfone groups is 1. The van der Waals surface area contributed by atoms with Crippen LogP contribution in [-0.2, 0) is 21.0 Å². The molecular weight excluding hydrogens is 353 g/mol. The zero-order valence-electron chi connectivity index (χ0n) is 12.5. The van der Waals surface area contributed by atoms with Crippen LogP contribution in [0.5, 0.6) is 0 Å². The van der Waals surface area contributed by atoms with Crippen molar-refractivity contribution in [3.05, 3.63) is 33.9 Å². The summed E-state index contributed by atoms with van der Waals surface area (Å²) >= 11 is 0. The minimum absolute atomic E-state index is 0.0304. The van der Waals surface area contributed by atoms with Crippen LogP contribution in [0.15, 0.2) is 23.1 Å². The van der Waals surface area contributed by atoms with E-state index < -0.39 is 30.9 Å². The summed E-state index contributed by atoms with van der Waals surface area (Å²) in [6.45, 7) is 2.51. The Bertz CT molecular complexity index is 715. The number of nitro benzene ring substituents is 1. The van der Waals surface area contributed by atoms with Gasteiger partial charge in [0.25, 0.3) is 15.5 Å². The van der Waals surface area contributed by atoms with E-state index in [0.29, 0.717) is 38.9 Å². The fourth-order valence-corrected chi connectivity index (χ4v) is 3.38. The van der Waals surface area contributed by atoms with E-state index in [-0.39, 0.29) is 12.0 Å². The summed E-state index contributed by atoms with van der Waals surface area (Å²) in [5.74, 6) is 0. The third-order valence-electron chi connectivity index (χ3n) is 3.66. The Hall–Kier alpha value is -1.72. The zero-order chi connectivity index (χ0) is 18.0. The van der Waals surface area contributed by atoms with Crippen molar-refractivity contribution in [1.82, 2.24) is 4.90 Å². The molecule has 0 amide bonds. The van der Waals surface area contributed by atoms with Crippen LogP contribution in [-0.4, -0.2) is 56.6 Å². The van der Waals surface area contributed by atoms with E-state index in [1.54, 1.807) is 0 Å². The number of halogens is 3. The van der Waals surface area contributed by atoms with Gasteiger partial charge in [-0.05, 0) is 12.0 Å². The van der Waals surface area contributed by atoms with E-state index >= 15 is 0 Å². The van der Waals surface area contributed by atoms with Crippen LogP contribution in [0, 0.1) is 10.1 Å². The Morgan fingerprint density at radius 2 is 1.88 bits per heavy atom. The molecule has 0 bridgehead atoms. The average Bonchev–Trinajstić information content (AvgIpc) is 2.52. The fourth-order valence-electron chi connectivity index (χ4n) is 2.34. The molecule has 2 rings (SSSR count). The number of non-ortho nitro benzene ring substituents is 1. The largest absolute Gasteiger partial charge is 0.501 e. The van der Waals surface area contributed by atoms with E-state index in [1.807, 2.05) is 4.90 Å². The molecule has 11 heteroatoms. The predicted molar refractivity (Wildman–Crippen MR) is 77.3 cm³/mol. The molecule has 134 valence electrons. The molecule has 1 aromatic rings. The minimum Gasteiger partial charge on any atom is -0.379 e. The number of rotatable bonds is 5. The van der Waals surface area contributed by atoms with Gasteiger partial charge < -0.3 is 4.74 Å². The standard InChI is InChI=1S/C13H15F3N2O5S/c14-13(15,16)24(21,22)12-9-11(18(19)20)2-1-10(12)3-4-17-5-7-23-8-6-17/h1-2,9H,3-8H2. The van der Waals surface area contributed by atoms with Gasteiger partial charge >= 0.3 is 5.51 Å². The smallest absolute Gasteiger partial charge is 0.379 e. The molecule has 0 unspecified atom stereocenters. The molecule has 24 heavy (non-hydrogen) atoms. The number of alkyl halides is 3. The Morgan fingerprint density at radius 1 is 1.25 bits per heavy atom.